The van der Waals surface area contributed by atoms with Crippen LogP contribution in [-0.2, 0) is 16.1 Å². The molecule has 32 heavy (non-hydrogen) atoms. The Kier molecular flexibility index (Phi) is 8.69. The number of halogens is 1. The number of thioether (sulfide) groups is 1. The zero-order valence-electron chi connectivity index (χ0n) is 18.6. The topological polar surface area (TPSA) is 91.3 Å². The van der Waals surface area contributed by atoms with Crippen LogP contribution in [0.15, 0.2) is 35.7 Å². The summed E-state index contributed by atoms with van der Waals surface area (Å²) in [6.07, 6.45) is 3.98. The number of nitrogens with one attached hydrogen (secondary N) is 1. The molecular weight excluding hydrogens is 448 g/mol. The number of hydrogen-bond acceptors (Lipinski definition) is 7. The van der Waals surface area contributed by atoms with Gasteiger partial charge in [0, 0.05) is 57.1 Å². The molecule has 0 aliphatic carbocycles. The number of nitrogens with zero attached hydrogens (tertiary/aromatic N) is 5. The van der Waals surface area contributed by atoms with Crippen LogP contribution in [-0.4, -0.2) is 63.1 Å². The second kappa shape index (κ2) is 11.5. The van der Waals surface area contributed by atoms with Crippen molar-refractivity contribution in [2.24, 2.45) is 5.92 Å². The largest absolute Gasteiger partial charge is 0.353 e. The van der Waals surface area contributed by atoms with Crippen LogP contribution in [0.25, 0.3) is 0 Å². The molecule has 1 aliphatic rings. The summed E-state index contributed by atoms with van der Waals surface area (Å²) in [5.74, 6) is 1.32. The highest BCUT2D eigenvalue weighted by molar-refractivity contribution is 7.99. The molecule has 0 radical (unpaired) electrons. The lowest BCUT2D eigenvalue weighted by Gasteiger charge is -2.40. The Morgan fingerprint density at radius 2 is 2.12 bits per heavy atom. The zero-order valence-corrected chi connectivity index (χ0v) is 20.2. The highest BCUT2D eigenvalue weighted by Gasteiger charge is 2.28. The summed E-state index contributed by atoms with van der Waals surface area (Å²) in [6, 6.07) is 5.55. The van der Waals surface area contributed by atoms with E-state index in [9.17, 15) is 9.59 Å². The molecule has 1 saturated heterocycles. The molecule has 3 heterocycles. The maximum absolute atomic E-state index is 12.5. The van der Waals surface area contributed by atoms with Crippen molar-refractivity contribution in [1.82, 2.24) is 25.2 Å². The van der Waals surface area contributed by atoms with Gasteiger partial charge in [-0.3, -0.25) is 14.6 Å². The fraction of sp³-hybridized carbons (Fsp3) is 0.500. The van der Waals surface area contributed by atoms with E-state index >= 15 is 0 Å². The van der Waals surface area contributed by atoms with Gasteiger partial charge in [-0.2, -0.15) is 0 Å². The van der Waals surface area contributed by atoms with Crippen molar-refractivity contribution in [3.63, 3.8) is 0 Å². The van der Waals surface area contributed by atoms with Gasteiger partial charge in [0.25, 0.3) is 0 Å². The molecule has 2 aromatic rings. The second-order valence-electron chi connectivity index (χ2n) is 8.24. The minimum absolute atomic E-state index is 0.0816. The van der Waals surface area contributed by atoms with Crippen LogP contribution in [0.2, 0.25) is 5.15 Å². The van der Waals surface area contributed by atoms with Crippen molar-refractivity contribution in [2.45, 2.75) is 44.9 Å². The van der Waals surface area contributed by atoms with Crippen LogP contribution >= 0.6 is 23.4 Å². The first-order chi connectivity index (χ1) is 15.3. The van der Waals surface area contributed by atoms with E-state index in [4.69, 9.17) is 11.6 Å². The van der Waals surface area contributed by atoms with Crippen molar-refractivity contribution in [3.05, 3.63) is 41.3 Å². The summed E-state index contributed by atoms with van der Waals surface area (Å²) in [6.45, 7) is 8.58. The molecule has 1 unspecified atom stereocenters. The Morgan fingerprint density at radius 1 is 1.31 bits per heavy atom. The molecule has 0 aromatic carbocycles. The molecular formula is C22H29ClN6O2S. The summed E-state index contributed by atoms with van der Waals surface area (Å²) in [4.78, 5) is 41.6. The summed E-state index contributed by atoms with van der Waals surface area (Å²) in [5.41, 5.74) is 0.937. The van der Waals surface area contributed by atoms with Crippen molar-refractivity contribution in [3.8, 4) is 0 Å². The Balaban J connectivity index is 1.55. The maximum atomic E-state index is 12.5. The van der Waals surface area contributed by atoms with E-state index in [0.717, 1.165) is 5.56 Å². The summed E-state index contributed by atoms with van der Waals surface area (Å²) < 4.78 is 0. The van der Waals surface area contributed by atoms with Gasteiger partial charge in [-0.05, 0) is 24.5 Å². The van der Waals surface area contributed by atoms with Crippen LogP contribution in [0.5, 0.6) is 0 Å². The SMILES string of the molecule is CC(C)CC(=O)N1CCN(c2cc(Cl)nc(SCC(=O)NCc3cccnc3)n2)CC1C. The highest BCUT2D eigenvalue weighted by atomic mass is 35.5. The second-order valence-corrected chi connectivity index (χ2v) is 9.57. The zero-order chi connectivity index (χ0) is 23.1. The predicted molar refractivity (Wildman–Crippen MR) is 127 cm³/mol. The fourth-order valence-electron chi connectivity index (χ4n) is 3.50. The van der Waals surface area contributed by atoms with E-state index in [2.05, 4.69) is 45.9 Å². The number of hydrogen-bond donors (Lipinski definition) is 1. The number of carbonyl (C=O) groups excluding carboxylic acids is 2. The Labute approximate surface area is 198 Å². The van der Waals surface area contributed by atoms with Gasteiger partial charge in [-0.15, -0.1) is 0 Å². The van der Waals surface area contributed by atoms with Crippen molar-refractivity contribution in [2.75, 3.05) is 30.3 Å². The smallest absolute Gasteiger partial charge is 0.230 e. The molecule has 2 aromatic heterocycles. The molecule has 0 spiro atoms. The van der Waals surface area contributed by atoms with Crippen LogP contribution in [0.3, 0.4) is 0 Å². The molecule has 8 nitrogen and oxygen atoms in total. The average Bonchev–Trinajstić information content (AvgIpc) is 2.76. The van der Waals surface area contributed by atoms with E-state index in [1.54, 1.807) is 18.5 Å². The lowest BCUT2D eigenvalue weighted by Crippen LogP contribution is -2.54. The lowest BCUT2D eigenvalue weighted by molar-refractivity contribution is -0.134. The van der Waals surface area contributed by atoms with Crippen LogP contribution < -0.4 is 10.2 Å². The summed E-state index contributed by atoms with van der Waals surface area (Å²) in [7, 11) is 0. The molecule has 1 N–H and O–H groups in total. The summed E-state index contributed by atoms with van der Waals surface area (Å²) in [5, 5.41) is 3.65. The molecule has 0 saturated carbocycles. The molecule has 1 aliphatic heterocycles. The number of piperazine rings is 1. The van der Waals surface area contributed by atoms with Gasteiger partial charge in [0.05, 0.1) is 5.75 Å². The third-order valence-electron chi connectivity index (χ3n) is 5.06. The average molecular weight is 477 g/mol. The van der Waals surface area contributed by atoms with Crippen molar-refractivity contribution >= 4 is 41.0 Å². The molecule has 1 fully saturated rings. The van der Waals surface area contributed by atoms with E-state index in [0.29, 0.717) is 54.6 Å². The van der Waals surface area contributed by atoms with Crippen molar-refractivity contribution in [1.29, 1.82) is 0 Å². The van der Waals surface area contributed by atoms with E-state index < -0.39 is 0 Å². The molecule has 1 atom stereocenters. The number of rotatable bonds is 8. The van der Waals surface area contributed by atoms with E-state index in [1.165, 1.54) is 11.8 Å². The monoisotopic (exact) mass is 476 g/mol. The van der Waals surface area contributed by atoms with Gasteiger partial charge in [0.15, 0.2) is 5.16 Å². The van der Waals surface area contributed by atoms with Gasteiger partial charge in [-0.1, -0.05) is 43.3 Å². The third-order valence-corrected chi connectivity index (χ3v) is 6.10. The normalized spacial score (nSPS) is 16.3. The van der Waals surface area contributed by atoms with Crippen molar-refractivity contribution < 1.29 is 9.59 Å². The minimum Gasteiger partial charge on any atom is -0.353 e. The Morgan fingerprint density at radius 3 is 2.81 bits per heavy atom. The quantitative estimate of drug-likeness (QED) is 0.355. The lowest BCUT2D eigenvalue weighted by atomic mass is 10.1. The van der Waals surface area contributed by atoms with E-state index in [1.807, 2.05) is 17.0 Å². The Bertz CT molecular complexity index is 930. The van der Waals surface area contributed by atoms with E-state index in [-0.39, 0.29) is 23.6 Å². The van der Waals surface area contributed by atoms with Gasteiger partial charge >= 0.3 is 0 Å². The molecule has 2 amide bonds. The maximum Gasteiger partial charge on any atom is 0.230 e. The molecule has 3 rings (SSSR count). The first-order valence-electron chi connectivity index (χ1n) is 10.7. The van der Waals surface area contributed by atoms with Gasteiger partial charge in [0.2, 0.25) is 11.8 Å². The molecule has 0 bridgehead atoms. The summed E-state index contributed by atoms with van der Waals surface area (Å²) >= 11 is 7.48. The number of anilines is 1. The number of pyridine rings is 1. The van der Waals surface area contributed by atoms with Crippen LogP contribution in [0, 0.1) is 5.92 Å². The number of carbonyl (C=O) groups is 2. The number of aromatic nitrogens is 3. The van der Waals surface area contributed by atoms with Gasteiger partial charge in [-0.25, -0.2) is 9.97 Å². The molecule has 10 heteroatoms. The van der Waals surface area contributed by atoms with Gasteiger partial charge < -0.3 is 15.1 Å². The third kappa shape index (κ3) is 7.06. The predicted octanol–water partition coefficient (Wildman–Crippen LogP) is 3.02. The Hall–Kier alpha value is -2.39. The minimum atomic E-state index is -0.116. The first-order valence-corrected chi connectivity index (χ1v) is 12.1. The van der Waals surface area contributed by atoms with Crippen LogP contribution in [0.1, 0.15) is 32.8 Å². The standard InChI is InChI=1S/C22H29ClN6O2S/c1-15(2)9-21(31)29-8-7-28(13-16(29)3)19-10-18(23)26-22(27-19)32-14-20(30)25-12-17-5-4-6-24-11-17/h4-6,10-11,15-16H,7-9,12-14H2,1-3H3,(H,25,30). The van der Waals surface area contributed by atoms with Crippen LogP contribution in [0.4, 0.5) is 5.82 Å². The van der Waals surface area contributed by atoms with Gasteiger partial charge in [0.1, 0.15) is 11.0 Å². The fourth-order valence-corrected chi connectivity index (χ4v) is 4.41. The number of amides is 2. The highest BCUT2D eigenvalue weighted by Crippen LogP contribution is 2.24. The molecule has 172 valence electrons. The first kappa shape index (κ1) is 24.3.